The summed E-state index contributed by atoms with van der Waals surface area (Å²) >= 11 is 0. The molecule has 2 rings (SSSR count). The minimum Gasteiger partial charge on any atom is -0.351 e. The molecule has 0 radical (unpaired) electrons. The van der Waals surface area contributed by atoms with E-state index in [1.807, 2.05) is 6.92 Å². The fraction of sp³-hybridized carbons (Fsp3) is 0.929. The van der Waals surface area contributed by atoms with Crippen molar-refractivity contribution in [3.05, 3.63) is 0 Å². The highest BCUT2D eigenvalue weighted by Crippen LogP contribution is 2.65. The Hall–Kier alpha value is -0.570. The standard InChI is InChI=1S/C14H26N2O/c1-5-10(15)12(17)16-11-8-9-6-7-14(11,4)13(9,2)3/h9-11H,5-8,15H2,1-4H3,(H,16,17). The molecule has 0 heterocycles. The Morgan fingerprint density at radius 3 is 2.53 bits per heavy atom. The summed E-state index contributed by atoms with van der Waals surface area (Å²) in [6.45, 7) is 9.01. The highest BCUT2D eigenvalue weighted by atomic mass is 16.2. The van der Waals surface area contributed by atoms with Crippen LogP contribution >= 0.6 is 0 Å². The largest absolute Gasteiger partial charge is 0.351 e. The topological polar surface area (TPSA) is 55.1 Å². The maximum atomic E-state index is 11.9. The van der Waals surface area contributed by atoms with Crippen LogP contribution in [0.3, 0.4) is 0 Å². The SMILES string of the molecule is CCC(N)C(=O)NC1CC2CCC1(C)C2(C)C. The van der Waals surface area contributed by atoms with Crippen LogP contribution in [-0.2, 0) is 4.79 Å². The van der Waals surface area contributed by atoms with E-state index in [1.54, 1.807) is 0 Å². The summed E-state index contributed by atoms with van der Waals surface area (Å²) in [4.78, 5) is 11.9. The fourth-order valence-corrected chi connectivity index (χ4v) is 3.89. The van der Waals surface area contributed by atoms with Gasteiger partial charge in [-0.2, -0.15) is 0 Å². The second-order valence-electron chi connectivity index (χ2n) is 6.69. The molecule has 0 saturated heterocycles. The van der Waals surface area contributed by atoms with Gasteiger partial charge in [0.2, 0.25) is 5.91 Å². The lowest BCUT2D eigenvalue weighted by Gasteiger charge is -2.39. The first-order chi connectivity index (χ1) is 7.83. The molecule has 2 fully saturated rings. The fourth-order valence-electron chi connectivity index (χ4n) is 3.89. The van der Waals surface area contributed by atoms with Crippen molar-refractivity contribution in [2.45, 2.75) is 65.5 Å². The van der Waals surface area contributed by atoms with Gasteiger partial charge in [0.05, 0.1) is 6.04 Å². The number of hydrogen-bond acceptors (Lipinski definition) is 2. The zero-order valence-corrected chi connectivity index (χ0v) is 11.5. The van der Waals surface area contributed by atoms with Crippen molar-refractivity contribution in [1.82, 2.24) is 5.32 Å². The van der Waals surface area contributed by atoms with Gasteiger partial charge in [0.15, 0.2) is 0 Å². The Balaban J connectivity index is 2.08. The van der Waals surface area contributed by atoms with E-state index in [4.69, 9.17) is 5.73 Å². The van der Waals surface area contributed by atoms with Gasteiger partial charge < -0.3 is 11.1 Å². The van der Waals surface area contributed by atoms with Gasteiger partial charge in [0, 0.05) is 6.04 Å². The molecule has 0 aromatic carbocycles. The van der Waals surface area contributed by atoms with Crippen molar-refractivity contribution in [2.75, 3.05) is 0 Å². The van der Waals surface area contributed by atoms with Crippen molar-refractivity contribution in [3.8, 4) is 0 Å². The van der Waals surface area contributed by atoms with E-state index in [2.05, 4.69) is 26.1 Å². The van der Waals surface area contributed by atoms with E-state index in [1.165, 1.54) is 12.8 Å². The minimum absolute atomic E-state index is 0.0297. The first-order valence-electron chi connectivity index (χ1n) is 6.89. The number of hydrogen-bond donors (Lipinski definition) is 2. The third kappa shape index (κ3) is 1.70. The van der Waals surface area contributed by atoms with Crippen molar-refractivity contribution in [1.29, 1.82) is 0 Å². The average Bonchev–Trinajstić information content (AvgIpc) is 2.60. The summed E-state index contributed by atoms with van der Waals surface area (Å²) < 4.78 is 0. The Morgan fingerprint density at radius 1 is 1.47 bits per heavy atom. The first kappa shape index (κ1) is 12.9. The second-order valence-corrected chi connectivity index (χ2v) is 6.69. The van der Waals surface area contributed by atoms with Gasteiger partial charge >= 0.3 is 0 Å². The number of carbonyl (C=O) groups excluding carboxylic acids is 1. The molecule has 2 aliphatic carbocycles. The molecule has 0 aliphatic heterocycles. The molecule has 0 aromatic heterocycles. The molecule has 3 N–H and O–H groups in total. The Kier molecular flexibility index (Phi) is 3.01. The van der Waals surface area contributed by atoms with Crippen LogP contribution in [0.15, 0.2) is 0 Å². The third-order valence-corrected chi connectivity index (χ3v) is 5.89. The number of carbonyl (C=O) groups is 1. The lowest BCUT2D eigenvalue weighted by molar-refractivity contribution is -0.124. The minimum atomic E-state index is -0.346. The van der Waals surface area contributed by atoms with E-state index in [-0.39, 0.29) is 17.4 Å². The van der Waals surface area contributed by atoms with E-state index in [9.17, 15) is 4.79 Å². The summed E-state index contributed by atoms with van der Waals surface area (Å²) in [6.07, 6.45) is 4.39. The van der Waals surface area contributed by atoms with Crippen LogP contribution in [-0.4, -0.2) is 18.0 Å². The molecule has 3 nitrogen and oxygen atoms in total. The van der Waals surface area contributed by atoms with Crippen molar-refractivity contribution in [2.24, 2.45) is 22.5 Å². The molecule has 1 amide bonds. The average molecular weight is 238 g/mol. The van der Waals surface area contributed by atoms with E-state index >= 15 is 0 Å². The van der Waals surface area contributed by atoms with E-state index in [0.717, 1.165) is 12.3 Å². The van der Waals surface area contributed by atoms with Crippen LogP contribution in [0.4, 0.5) is 0 Å². The quantitative estimate of drug-likeness (QED) is 0.790. The summed E-state index contributed by atoms with van der Waals surface area (Å²) in [5.74, 6) is 0.790. The second kappa shape index (κ2) is 3.98. The lowest BCUT2D eigenvalue weighted by Crippen LogP contribution is -2.51. The van der Waals surface area contributed by atoms with Crippen LogP contribution in [0.2, 0.25) is 0 Å². The Morgan fingerprint density at radius 2 is 2.12 bits per heavy atom. The summed E-state index contributed by atoms with van der Waals surface area (Å²) in [5, 5.41) is 3.19. The van der Waals surface area contributed by atoms with Crippen molar-refractivity contribution in [3.63, 3.8) is 0 Å². The summed E-state index contributed by atoms with van der Waals surface area (Å²) in [6, 6.07) is -0.0258. The monoisotopic (exact) mass is 238 g/mol. The lowest BCUT2D eigenvalue weighted by atomic mass is 9.69. The van der Waals surface area contributed by atoms with Gasteiger partial charge in [-0.15, -0.1) is 0 Å². The zero-order valence-electron chi connectivity index (χ0n) is 11.5. The smallest absolute Gasteiger partial charge is 0.237 e. The van der Waals surface area contributed by atoms with Crippen LogP contribution in [0.1, 0.15) is 53.4 Å². The number of rotatable bonds is 3. The summed E-state index contributed by atoms with van der Waals surface area (Å²) in [5.41, 5.74) is 6.39. The molecule has 2 bridgehead atoms. The molecule has 0 aromatic rings. The molecule has 17 heavy (non-hydrogen) atoms. The summed E-state index contributed by atoms with van der Waals surface area (Å²) in [7, 11) is 0. The highest BCUT2D eigenvalue weighted by molar-refractivity contribution is 5.81. The van der Waals surface area contributed by atoms with Gasteiger partial charge in [-0.1, -0.05) is 27.7 Å². The van der Waals surface area contributed by atoms with Gasteiger partial charge in [-0.3, -0.25) is 4.79 Å². The maximum Gasteiger partial charge on any atom is 0.237 e. The van der Waals surface area contributed by atoms with Gasteiger partial charge in [0.25, 0.3) is 0 Å². The maximum absolute atomic E-state index is 11.9. The van der Waals surface area contributed by atoms with Crippen molar-refractivity contribution < 1.29 is 4.79 Å². The first-order valence-corrected chi connectivity index (χ1v) is 6.89. The third-order valence-electron chi connectivity index (χ3n) is 5.89. The zero-order chi connectivity index (χ0) is 12.8. The molecule has 98 valence electrons. The van der Waals surface area contributed by atoms with Crippen LogP contribution in [0, 0.1) is 16.7 Å². The van der Waals surface area contributed by atoms with E-state index < -0.39 is 0 Å². The molecular weight excluding hydrogens is 212 g/mol. The number of fused-ring (bicyclic) bond motifs is 2. The molecule has 0 spiro atoms. The van der Waals surface area contributed by atoms with Crippen LogP contribution < -0.4 is 11.1 Å². The van der Waals surface area contributed by atoms with E-state index in [0.29, 0.717) is 17.9 Å². The van der Waals surface area contributed by atoms with Crippen molar-refractivity contribution >= 4 is 5.91 Å². The van der Waals surface area contributed by atoms with Gasteiger partial charge in [-0.25, -0.2) is 0 Å². The molecule has 2 aliphatic rings. The predicted octanol–water partition coefficient (Wildman–Crippen LogP) is 2.05. The predicted molar refractivity (Wildman–Crippen MR) is 69.4 cm³/mol. The van der Waals surface area contributed by atoms with Crippen LogP contribution in [0.5, 0.6) is 0 Å². The number of amides is 1. The normalized spacial score (nSPS) is 40.3. The molecular formula is C14H26N2O. The highest BCUT2D eigenvalue weighted by Gasteiger charge is 2.61. The Labute approximate surface area is 105 Å². The van der Waals surface area contributed by atoms with Gasteiger partial charge in [0.1, 0.15) is 0 Å². The molecule has 3 heteroatoms. The molecule has 2 saturated carbocycles. The number of nitrogens with one attached hydrogen (secondary N) is 1. The number of nitrogens with two attached hydrogens (primary N) is 1. The molecule has 4 atom stereocenters. The molecule has 4 unspecified atom stereocenters. The van der Waals surface area contributed by atoms with Gasteiger partial charge in [-0.05, 0) is 42.4 Å². The Bertz CT molecular complexity index is 326. The van der Waals surface area contributed by atoms with Crippen LogP contribution in [0.25, 0.3) is 0 Å².